The van der Waals surface area contributed by atoms with Crippen LogP contribution in [0.5, 0.6) is 0 Å². The van der Waals surface area contributed by atoms with Crippen LogP contribution in [0.25, 0.3) is 16.7 Å². The summed E-state index contributed by atoms with van der Waals surface area (Å²) in [5.41, 5.74) is 10.3. The SMILES string of the molecule is Cc1ccc(-n2c(SC(C)C(=O)Nc3ccc(C(N)=O)cc3)nc3ccccc32)cc1. The van der Waals surface area contributed by atoms with Crippen LogP contribution >= 0.6 is 11.8 Å². The number of nitrogens with one attached hydrogen (secondary N) is 1. The number of carbonyl (C=O) groups excluding carboxylic acids is 2. The van der Waals surface area contributed by atoms with Crippen molar-refractivity contribution in [2.24, 2.45) is 5.73 Å². The molecule has 0 saturated heterocycles. The third-order valence-corrected chi connectivity index (χ3v) is 5.96. The van der Waals surface area contributed by atoms with Gasteiger partial charge in [0, 0.05) is 16.9 Å². The van der Waals surface area contributed by atoms with Gasteiger partial charge in [-0.1, -0.05) is 41.6 Å². The molecule has 0 aliphatic heterocycles. The van der Waals surface area contributed by atoms with Crippen molar-refractivity contribution in [1.29, 1.82) is 0 Å². The molecule has 0 aliphatic carbocycles. The Morgan fingerprint density at radius 1 is 1.00 bits per heavy atom. The molecular formula is C24H22N4O2S. The average Bonchev–Trinajstić information content (AvgIpc) is 3.12. The molecule has 4 rings (SSSR count). The van der Waals surface area contributed by atoms with Crippen LogP contribution in [0.2, 0.25) is 0 Å². The van der Waals surface area contributed by atoms with Gasteiger partial charge in [0.25, 0.3) is 0 Å². The summed E-state index contributed by atoms with van der Waals surface area (Å²) in [7, 11) is 0. The number of carbonyl (C=O) groups is 2. The lowest BCUT2D eigenvalue weighted by molar-refractivity contribution is -0.115. The molecule has 0 spiro atoms. The van der Waals surface area contributed by atoms with Crippen LogP contribution in [0.3, 0.4) is 0 Å². The predicted molar refractivity (Wildman–Crippen MR) is 125 cm³/mol. The van der Waals surface area contributed by atoms with Gasteiger partial charge in [0.1, 0.15) is 0 Å². The molecule has 0 bridgehead atoms. The highest BCUT2D eigenvalue weighted by Crippen LogP contribution is 2.31. The summed E-state index contributed by atoms with van der Waals surface area (Å²) in [4.78, 5) is 28.8. The molecule has 0 saturated carbocycles. The summed E-state index contributed by atoms with van der Waals surface area (Å²) < 4.78 is 2.07. The van der Waals surface area contributed by atoms with E-state index in [1.807, 2.05) is 38.1 Å². The lowest BCUT2D eigenvalue weighted by atomic mass is 10.2. The number of thioether (sulfide) groups is 1. The fourth-order valence-corrected chi connectivity index (χ4v) is 4.14. The van der Waals surface area contributed by atoms with Crippen LogP contribution in [-0.2, 0) is 4.79 Å². The number of imidazole rings is 1. The smallest absolute Gasteiger partial charge is 0.248 e. The summed E-state index contributed by atoms with van der Waals surface area (Å²) in [5, 5.41) is 3.23. The van der Waals surface area contributed by atoms with E-state index in [-0.39, 0.29) is 5.91 Å². The molecule has 1 atom stereocenters. The van der Waals surface area contributed by atoms with Crippen molar-refractivity contribution >= 4 is 40.3 Å². The van der Waals surface area contributed by atoms with E-state index in [0.29, 0.717) is 11.3 Å². The Balaban J connectivity index is 1.58. The first-order valence-electron chi connectivity index (χ1n) is 9.84. The number of aromatic nitrogens is 2. The van der Waals surface area contributed by atoms with Gasteiger partial charge in [-0.05, 0) is 62.4 Å². The quantitative estimate of drug-likeness (QED) is 0.439. The van der Waals surface area contributed by atoms with Crippen LogP contribution in [0.4, 0.5) is 5.69 Å². The number of nitrogens with zero attached hydrogens (tertiary/aromatic N) is 2. The Kier molecular flexibility index (Phi) is 5.77. The highest BCUT2D eigenvalue weighted by Gasteiger charge is 2.20. The number of anilines is 1. The molecule has 4 aromatic rings. The second kappa shape index (κ2) is 8.65. The molecule has 3 N–H and O–H groups in total. The first-order valence-corrected chi connectivity index (χ1v) is 10.7. The molecule has 1 unspecified atom stereocenters. The predicted octanol–water partition coefficient (Wildman–Crippen LogP) is 4.55. The molecule has 1 aromatic heterocycles. The summed E-state index contributed by atoms with van der Waals surface area (Å²) in [6, 6.07) is 22.7. The molecule has 6 nitrogen and oxygen atoms in total. The average molecular weight is 431 g/mol. The second-order valence-corrected chi connectivity index (χ2v) is 8.55. The van der Waals surface area contributed by atoms with Crippen LogP contribution in [-0.4, -0.2) is 26.6 Å². The van der Waals surface area contributed by atoms with Crippen molar-refractivity contribution in [3.05, 3.63) is 83.9 Å². The molecule has 156 valence electrons. The molecule has 1 heterocycles. The van der Waals surface area contributed by atoms with E-state index in [4.69, 9.17) is 10.7 Å². The van der Waals surface area contributed by atoms with Gasteiger partial charge < -0.3 is 11.1 Å². The van der Waals surface area contributed by atoms with Gasteiger partial charge in [-0.3, -0.25) is 14.2 Å². The van der Waals surface area contributed by atoms with Crippen LogP contribution < -0.4 is 11.1 Å². The van der Waals surface area contributed by atoms with Crippen LogP contribution in [0, 0.1) is 6.92 Å². The van der Waals surface area contributed by atoms with Gasteiger partial charge in [0.05, 0.1) is 16.3 Å². The summed E-state index contributed by atoms with van der Waals surface area (Å²) in [6.07, 6.45) is 0. The van der Waals surface area contributed by atoms with Crippen LogP contribution in [0.1, 0.15) is 22.8 Å². The highest BCUT2D eigenvalue weighted by molar-refractivity contribution is 8.00. The van der Waals surface area contributed by atoms with E-state index >= 15 is 0 Å². The minimum absolute atomic E-state index is 0.153. The van der Waals surface area contributed by atoms with Gasteiger partial charge >= 0.3 is 0 Å². The Labute approximate surface area is 184 Å². The van der Waals surface area contributed by atoms with Crippen molar-refractivity contribution in [1.82, 2.24) is 9.55 Å². The number of fused-ring (bicyclic) bond motifs is 1. The molecule has 0 aliphatic rings. The number of nitrogens with two attached hydrogens (primary N) is 1. The number of para-hydroxylation sites is 2. The number of rotatable bonds is 6. The summed E-state index contributed by atoms with van der Waals surface area (Å²) in [5.74, 6) is -0.656. The van der Waals surface area contributed by atoms with Crippen molar-refractivity contribution in [3.8, 4) is 5.69 Å². The zero-order valence-electron chi connectivity index (χ0n) is 17.2. The third-order valence-electron chi connectivity index (χ3n) is 4.91. The first kappa shape index (κ1) is 20.7. The Bertz CT molecular complexity index is 1250. The molecule has 7 heteroatoms. The maximum atomic E-state index is 12.8. The standard InChI is InChI=1S/C24H22N4O2S/c1-15-7-13-19(14-8-15)28-21-6-4-3-5-20(21)27-24(28)31-16(2)23(30)26-18-11-9-17(10-12-18)22(25)29/h3-14,16H,1-2H3,(H2,25,29)(H,26,30). The van der Waals surface area contributed by atoms with Gasteiger partial charge in [-0.15, -0.1) is 0 Å². The molecular weight excluding hydrogens is 408 g/mol. The maximum Gasteiger partial charge on any atom is 0.248 e. The number of amides is 2. The molecule has 0 fully saturated rings. The van der Waals surface area contributed by atoms with Crippen molar-refractivity contribution < 1.29 is 9.59 Å². The normalized spacial score (nSPS) is 11.9. The Morgan fingerprint density at radius 3 is 2.35 bits per heavy atom. The number of hydrogen-bond donors (Lipinski definition) is 2. The highest BCUT2D eigenvalue weighted by atomic mass is 32.2. The first-order chi connectivity index (χ1) is 14.9. The number of primary amides is 1. The van der Waals surface area contributed by atoms with E-state index in [9.17, 15) is 9.59 Å². The van der Waals surface area contributed by atoms with E-state index in [2.05, 4.69) is 34.1 Å². The van der Waals surface area contributed by atoms with Crippen LogP contribution in [0.15, 0.2) is 78.0 Å². The fourth-order valence-electron chi connectivity index (χ4n) is 3.20. The van der Waals surface area contributed by atoms with E-state index < -0.39 is 11.2 Å². The maximum absolute atomic E-state index is 12.8. The topological polar surface area (TPSA) is 90.0 Å². The molecule has 0 radical (unpaired) electrons. The van der Waals surface area contributed by atoms with Gasteiger partial charge in [-0.25, -0.2) is 4.98 Å². The number of benzene rings is 3. The lowest BCUT2D eigenvalue weighted by Crippen LogP contribution is -2.23. The lowest BCUT2D eigenvalue weighted by Gasteiger charge is -2.14. The summed E-state index contributed by atoms with van der Waals surface area (Å²) >= 11 is 1.40. The van der Waals surface area contributed by atoms with Crippen molar-refractivity contribution in [3.63, 3.8) is 0 Å². The van der Waals surface area contributed by atoms with Gasteiger partial charge in [0.2, 0.25) is 11.8 Å². The summed E-state index contributed by atoms with van der Waals surface area (Å²) in [6.45, 7) is 3.89. The molecule has 2 amide bonds. The Hall–Kier alpha value is -3.58. The molecule has 3 aromatic carbocycles. The van der Waals surface area contributed by atoms with E-state index in [1.54, 1.807) is 24.3 Å². The number of hydrogen-bond acceptors (Lipinski definition) is 4. The second-order valence-electron chi connectivity index (χ2n) is 7.24. The minimum Gasteiger partial charge on any atom is -0.366 e. The third kappa shape index (κ3) is 4.46. The number of aryl methyl sites for hydroxylation is 1. The largest absolute Gasteiger partial charge is 0.366 e. The van der Waals surface area contributed by atoms with Crippen molar-refractivity contribution in [2.45, 2.75) is 24.3 Å². The minimum atomic E-state index is -0.503. The Morgan fingerprint density at radius 2 is 1.68 bits per heavy atom. The van der Waals surface area contributed by atoms with Gasteiger partial charge in [-0.2, -0.15) is 0 Å². The van der Waals surface area contributed by atoms with E-state index in [1.165, 1.54) is 17.3 Å². The zero-order chi connectivity index (χ0) is 22.0. The monoisotopic (exact) mass is 430 g/mol. The fraction of sp³-hybridized carbons (Fsp3) is 0.125. The molecule has 31 heavy (non-hydrogen) atoms. The zero-order valence-corrected chi connectivity index (χ0v) is 18.0. The van der Waals surface area contributed by atoms with Gasteiger partial charge in [0.15, 0.2) is 5.16 Å². The van der Waals surface area contributed by atoms with E-state index in [0.717, 1.165) is 21.9 Å². The van der Waals surface area contributed by atoms with Crippen molar-refractivity contribution in [2.75, 3.05) is 5.32 Å².